The molecule has 1 aliphatic rings. The van der Waals surface area contributed by atoms with Gasteiger partial charge in [-0.05, 0) is 66.4 Å². The molecular weight excluding hydrogens is 423 g/mol. The first-order chi connectivity index (χ1) is 14.9. The van der Waals surface area contributed by atoms with Gasteiger partial charge in [0.25, 0.3) is 0 Å². The van der Waals surface area contributed by atoms with Gasteiger partial charge in [0.05, 0.1) is 11.6 Å². The van der Waals surface area contributed by atoms with Crippen LogP contribution in [0.15, 0.2) is 73.1 Å². The van der Waals surface area contributed by atoms with Crippen molar-refractivity contribution < 1.29 is 13.2 Å². The van der Waals surface area contributed by atoms with Crippen LogP contribution in [0, 0.1) is 0 Å². The lowest BCUT2D eigenvalue weighted by Crippen LogP contribution is -2.44. The van der Waals surface area contributed by atoms with Gasteiger partial charge in [-0.2, -0.15) is 13.2 Å². The molecule has 1 fully saturated rings. The van der Waals surface area contributed by atoms with Crippen LogP contribution in [0.3, 0.4) is 0 Å². The van der Waals surface area contributed by atoms with Gasteiger partial charge >= 0.3 is 6.18 Å². The minimum Gasteiger partial charge on any atom is -0.371 e. The van der Waals surface area contributed by atoms with Gasteiger partial charge in [-0.15, -0.1) is 0 Å². The number of nitrogens with one attached hydrogen (secondary N) is 1. The number of benzene rings is 2. The molecule has 1 aromatic heterocycles. The van der Waals surface area contributed by atoms with E-state index in [0.717, 1.165) is 54.9 Å². The smallest absolute Gasteiger partial charge is 0.371 e. The summed E-state index contributed by atoms with van der Waals surface area (Å²) in [6, 6.07) is 17.5. The van der Waals surface area contributed by atoms with Crippen molar-refractivity contribution in [3.8, 4) is 0 Å². The first-order valence-electron chi connectivity index (χ1n) is 10.2. The fourth-order valence-corrected chi connectivity index (χ4v) is 4.11. The molecular formula is C24H23ClF3N3. The quantitative estimate of drug-likeness (QED) is 0.514. The van der Waals surface area contributed by atoms with Crippen LogP contribution in [0.5, 0.6) is 0 Å². The summed E-state index contributed by atoms with van der Waals surface area (Å²) in [5.74, 6) is 0. The molecule has 0 aliphatic carbocycles. The summed E-state index contributed by atoms with van der Waals surface area (Å²) in [6.45, 7) is 1.56. The molecule has 2 heterocycles. The van der Waals surface area contributed by atoms with E-state index in [1.54, 1.807) is 18.3 Å². The molecule has 0 saturated carbocycles. The summed E-state index contributed by atoms with van der Waals surface area (Å²) < 4.78 is 38.4. The Morgan fingerprint density at radius 2 is 1.61 bits per heavy atom. The molecule has 4 rings (SSSR count). The summed E-state index contributed by atoms with van der Waals surface area (Å²) in [5, 5.41) is 4.44. The van der Waals surface area contributed by atoms with E-state index in [4.69, 9.17) is 11.6 Å². The summed E-state index contributed by atoms with van der Waals surface area (Å²) in [5.41, 5.74) is 2.40. The number of pyridine rings is 1. The zero-order chi connectivity index (χ0) is 21.8. The predicted molar refractivity (Wildman–Crippen MR) is 117 cm³/mol. The Morgan fingerprint density at radius 1 is 0.935 bits per heavy atom. The molecule has 162 valence electrons. The van der Waals surface area contributed by atoms with E-state index >= 15 is 0 Å². The van der Waals surface area contributed by atoms with Gasteiger partial charge in [0.2, 0.25) is 0 Å². The van der Waals surface area contributed by atoms with Gasteiger partial charge in [0.1, 0.15) is 0 Å². The number of hydrogen-bond acceptors (Lipinski definition) is 3. The molecule has 1 atom stereocenters. The number of rotatable bonds is 5. The van der Waals surface area contributed by atoms with Crippen molar-refractivity contribution in [1.29, 1.82) is 0 Å². The van der Waals surface area contributed by atoms with Crippen LogP contribution in [0.4, 0.5) is 18.9 Å². The Balaban J connectivity index is 1.43. The number of nitrogens with zero attached hydrogens (tertiary/aromatic N) is 2. The largest absolute Gasteiger partial charge is 0.416 e. The van der Waals surface area contributed by atoms with Crippen molar-refractivity contribution >= 4 is 17.3 Å². The zero-order valence-electron chi connectivity index (χ0n) is 16.8. The minimum atomic E-state index is -4.31. The summed E-state index contributed by atoms with van der Waals surface area (Å²) in [7, 11) is 0. The van der Waals surface area contributed by atoms with Gasteiger partial charge in [-0.25, -0.2) is 0 Å². The number of hydrogen-bond donors (Lipinski definition) is 1. The fourth-order valence-electron chi connectivity index (χ4n) is 3.99. The maximum atomic E-state index is 12.8. The highest BCUT2D eigenvalue weighted by molar-refractivity contribution is 6.30. The Kier molecular flexibility index (Phi) is 6.49. The van der Waals surface area contributed by atoms with Gasteiger partial charge in [-0.3, -0.25) is 4.98 Å². The molecule has 1 N–H and O–H groups in total. The standard InChI is InChI=1S/C24H23ClF3N3/c25-20-7-3-17(4-8-20)23(18-2-1-13-29-16-18)30-21-11-14-31(15-12-21)22-9-5-19(6-10-22)24(26,27)28/h1-10,13,16,21,23,30H,11-12,14-15H2. The van der Waals surface area contributed by atoms with Crippen molar-refractivity contribution in [3.05, 3.63) is 94.8 Å². The third-order valence-electron chi connectivity index (χ3n) is 5.68. The topological polar surface area (TPSA) is 28.2 Å². The van der Waals surface area contributed by atoms with Gasteiger partial charge in [0.15, 0.2) is 0 Å². The van der Waals surface area contributed by atoms with Crippen LogP contribution in [-0.4, -0.2) is 24.1 Å². The molecule has 1 unspecified atom stereocenters. The zero-order valence-corrected chi connectivity index (χ0v) is 17.6. The third kappa shape index (κ3) is 5.38. The monoisotopic (exact) mass is 445 g/mol. The molecule has 31 heavy (non-hydrogen) atoms. The highest BCUT2D eigenvalue weighted by Gasteiger charge is 2.30. The molecule has 0 spiro atoms. The molecule has 1 aliphatic heterocycles. The van der Waals surface area contributed by atoms with Crippen LogP contribution in [0.1, 0.15) is 35.6 Å². The van der Waals surface area contributed by atoms with Crippen LogP contribution >= 0.6 is 11.6 Å². The highest BCUT2D eigenvalue weighted by atomic mass is 35.5. The number of aromatic nitrogens is 1. The number of anilines is 1. The Hall–Kier alpha value is -2.57. The average molecular weight is 446 g/mol. The van der Waals surface area contributed by atoms with Crippen molar-refractivity contribution in [2.75, 3.05) is 18.0 Å². The van der Waals surface area contributed by atoms with Crippen molar-refractivity contribution in [2.45, 2.75) is 31.1 Å². The van der Waals surface area contributed by atoms with Gasteiger partial charge < -0.3 is 10.2 Å². The molecule has 2 aromatic carbocycles. The molecule has 1 saturated heterocycles. The first-order valence-corrected chi connectivity index (χ1v) is 10.6. The lowest BCUT2D eigenvalue weighted by Gasteiger charge is -2.36. The SMILES string of the molecule is FC(F)(F)c1ccc(N2CCC(NC(c3ccc(Cl)cc3)c3cccnc3)CC2)cc1. The third-order valence-corrected chi connectivity index (χ3v) is 5.93. The molecule has 3 nitrogen and oxygen atoms in total. The summed E-state index contributed by atoms with van der Waals surface area (Å²) in [4.78, 5) is 6.40. The van der Waals surface area contributed by atoms with E-state index in [0.29, 0.717) is 5.02 Å². The average Bonchev–Trinajstić information content (AvgIpc) is 2.79. The van der Waals surface area contributed by atoms with Crippen LogP contribution in [0.2, 0.25) is 5.02 Å². The number of alkyl halides is 3. The maximum absolute atomic E-state index is 12.8. The molecule has 7 heteroatoms. The van der Waals surface area contributed by atoms with Crippen LogP contribution < -0.4 is 10.2 Å². The van der Waals surface area contributed by atoms with Crippen LogP contribution in [0.25, 0.3) is 0 Å². The number of halogens is 4. The predicted octanol–water partition coefficient (Wildman–Crippen LogP) is 6.10. The van der Waals surface area contributed by atoms with Gasteiger partial charge in [-0.1, -0.05) is 29.8 Å². The number of piperidine rings is 1. The van der Waals surface area contributed by atoms with E-state index < -0.39 is 11.7 Å². The summed E-state index contributed by atoms with van der Waals surface area (Å²) in [6.07, 6.45) is 1.10. The molecule has 0 amide bonds. The summed E-state index contributed by atoms with van der Waals surface area (Å²) >= 11 is 6.06. The minimum absolute atomic E-state index is 0.00594. The van der Waals surface area contributed by atoms with E-state index in [1.807, 2.05) is 36.5 Å². The van der Waals surface area contributed by atoms with Crippen molar-refractivity contribution in [3.63, 3.8) is 0 Å². The van der Waals surface area contributed by atoms with E-state index in [9.17, 15) is 13.2 Å². The Morgan fingerprint density at radius 3 is 2.19 bits per heavy atom. The highest BCUT2D eigenvalue weighted by Crippen LogP contribution is 2.31. The normalized spacial score (nSPS) is 16.3. The lowest BCUT2D eigenvalue weighted by atomic mass is 9.96. The van der Waals surface area contributed by atoms with E-state index in [2.05, 4.69) is 21.3 Å². The van der Waals surface area contributed by atoms with E-state index in [1.165, 1.54) is 0 Å². The second kappa shape index (κ2) is 9.28. The lowest BCUT2D eigenvalue weighted by molar-refractivity contribution is -0.137. The fraction of sp³-hybridized carbons (Fsp3) is 0.292. The van der Waals surface area contributed by atoms with Crippen molar-refractivity contribution in [2.24, 2.45) is 0 Å². The van der Waals surface area contributed by atoms with Gasteiger partial charge in [0, 0.05) is 42.2 Å². The Labute approximate surface area is 184 Å². The molecule has 3 aromatic rings. The molecule has 0 radical (unpaired) electrons. The second-order valence-corrected chi connectivity index (χ2v) is 8.18. The van der Waals surface area contributed by atoms with Crippen molar-refractivity contribution in [1.82, 2.24) is 10.3 Å². The maximum Gasteiger partial charge on any atom is 0.416 e. The van der Waals surface area contributed by atoms with Crippen LogP contribution in [-0.2, 0) is 6.18 Å². The second-order valence-electron chi connectivity index (χ2n) is 7.74. The first kappa shape index (κ1) is 21.7. The Bertz CT molecular complexity index is 968. The van der Waals surface area contributed by atoms with E-state index in [-0.39, 0.29) is 12.1 Å². The molecule has 0 bridgehead atoms.